The van der Waals surface area contributed by atoms with Crippen molar-refractivity contribution in [1.29, 1.82) is 0 Å². The normalized spacial score (nSPS) is 37.0. The van der Waals surface area contributed by atoms with E-state index in [1.54, 1.807) is 0 Å². The third-order valence-corrected chi connectivity index (χ3v) is 4.18. The first-order valence-corrected chi connectivity index (χ1v) is 7.41. The van der Waals surface area contributed by atoms with Gasteiger partial charge in [0.15, 0.2) is 18.7 Å². The summed E-state index contributed by atoms with van der Waals surface area (Å²) < 4.78 is 22.6. The molecule has 6 atom stereocenters. The number of ether oxygens (including phenoxy) is 4. The van der Waals surface area contributed by atoms with Crippen LogP contribution in [0.3, 0.4) is 0 Å². The highest BCUT2D eigenvalue weighted by Crippen LogP contribution is 2.37. The fourth-order valence-corrected chi connectivity index (χ4v) is 3.03. The van der Waals surface area contributed by atoms with Crippen LogP contribution in [0.5, 0.6) is 0 Å². The van der Waals surface area contributed by atoms with Gasteiger partial charge < -0.3 is 23.8 Å². The molecule has 0 saturated carbocycles. The number of rotatable bonds is 4. The Kier molecular flexibility index (Phi) is 4.76. The fraction of sp³-hybridized carbons (Fsp3) is 0.600. The predicted octanol–water partition coefficient (Wildman–Crippen LogP) is 1.68. The maximum Gasteiger partial charge on any atom is 0.294 e. The van der Waals surface area contributed by atoms with E-state index in [2.05, 4.69) is 0 Å². The second-order valence-corrected chi connectivity index (χ2v) is 5.61. The van der Waals surface area contributed by atoms with Gasteiger partial charge in [0.1, 0.15) is 6.10 Å². The van der Waals surface area contributed by atoms with Crippen molar-refractivity contribution < 1.29 is 28.9 Å². The van der Waals surface area contributed by atoms with Crippen LogP contribution in [0.4, 0.5) is 0 Å². The fourth-order valence-electron chi connectivity index (χ4n) is 3.03. The van der Waals surface area contributed by atoms with Gasteiger partial charge in [-0.2, -0.15) is 0 Å². The Bertz CT molecular complexity index is 540. The van der Waals surface area contributed by atoms with Crippen LogP contribution >= 0.6 is 0 Å². The van der Waals surface area contributed by atoms with Crippen molar-refractivity contribution in [3.63, 3.8) is 0 Å². The zero-order chi connectivity index (χ0) is 16.4. The summed E-state index contributed by atoms with van der Waals surface area (Å²) >= 11 is 0. The summed E-state index contributed by atoms with van der Waals surface area (Å²) in [7, 11) is 1.42. The first-order valence-electron chi connectivity index (χ1n) is 7.41. The molecule has 0 spiro atoms. The second-order valence-electron chi connectivity index (χ2n) is 5.61. The van der Waals surface area contributed by atoms with Crippen molar-refractivity contribution in [2.24, 2.45) is 5.92 Å². The molecule has 3 rings (SSSR count). The number of hydrogen-bond donors (Lipinski definition) is 0. The molecule has 2 saturated heterocycles. The highest BCUT2D eigenvalue weighted by Gasteiger charge is 2.49. The first kappa shape index (κ1) is 16.1. The minimum Gasteiger partial charge on any atom is -0.354 e. The third-order valence-electron chi connectivity index (χ3n) is 4.18. The molecule has 2 aliphatic rings. The van der Waals surface area contributed by atoms with E-state index < -0.39 is 23.8 Å². The van der Waals surface area contributed by atoms with E-state index in [9.17, 15) is 10.1 Å². The molecule has 8 heteroatoms. The molecule has 0 aliphatic carbocycles. The summed E-state index contributed by atoms with van der Waals surface area (Å²) in [6.07, 6.45) is -2.96. The van der Waals surface area contributed by atoms with Gasteiger partial charge in [0.25, 0.3) is 5.09 Å². The zero-order valence-corrected chi connectivity index (χ0v) is 12.9. The van der Waals surface area contributed by atoms with Crippen molar-refractivity contribution >= 4 is 0 Å². The van der Waals surface area contributed by atoms with Gasteiger partial charge in [0.2, 0.25) is 0 Å². The molecule has 1 aromatic rings. The summed E-state index contributed by atoms with van der Waals surface area (Å²) in [5.41, 5.74) is 0.888. The third kappa shape index (κ3) is 3.30. The topological polar surface area (TPSA) is 89.3 Å². The molecule has 2 heterocycles. The molecule has 0 aromatic heterocycles. The van der Waals surface area contributed by atoms with E-state index >= 15 is 0 Å². The van der Waals surface area contributed by atoms with Crippen LogP contribution in [0.2, 0.25) is 0 Å². The largest absolute Gasteiger partial charge is 0.354 e. The molecule has 2 aliphatic heterocycles. The Labute approximate surface area is 133 Å². The Morgan fingerprint density at radius 3 is 2.65 bits per heavy atom. The average Bonchev–Trinajstić information content (AvgIpc) is 2.57. The monoisotopic (exact) mass is 325 g/mol. The van der Waals surface area contributed by atoms with Crippen molar-refractivity contribution in [3.05, 3.63) is 46.0 Å². The van der Waals surface area contributed by atoms with E-state index in [0.717, 1.165) is 5.56 Å². The Hall–Kier alpha value is -1.74. The molecule has 8 nitrogen and oxygen atoms in total. The van der Waals surface area contributed by atoms with Gasteiger partial charge >= 0.3 is 0 Å². The summed E-state index contributed by atoms with van der Waals surface area (Å²) in [4.78, 5) is 15.5. The lowest BCUT2D eigenvalue weighted by atomic mass is 9.90. The summed E-state index contributed by atoms with van der Waals surface area (Å²) in [5.74, 6) is -0.292. The Morgan fingerprint density at radius 1 is 1.26 bits per heavy atom. The SMILES string of the molecule is CO[C@H]1OC2COC(c3ccccc3)O[C@H]2[C@H](C)C1O[N+](=O)[O-]. The smallest absolute Gasteiger partial charge is 0.294 e. The van der Waals surface area contributed by atoms with Gasteiger partial charge in [0.05, 0.1) is 12.7 Å². The lowest BCUT2D eigenvalue weighted by molar-refractivity contribution is -0.776. The van der Waals surface area contributed by atoms with Crippen LogP contribution < -0.4 is 0 Å². The molecule has 0 N–H and O–H groups in total. The van der Waals surface area contributed by atoms with Gasteiger partial charge in [0, 0.05) is 18.6 Å². The standard InChI is InChI=1S/C15H19NO7/c1-9-12-11(21-15(19-2)13(9)23-16(17)18)8-20-14(22-12)10-6-4-3-5-7-10/h3-7,9,11-15H,8H2,1-2H3/t9-,11?,12-,13?,14?,15-/m0/s1. The minimum atomic E-state index is -0.856. The van der Waals surface area contributed by atoms with Gasteiger partial charge in [-0.1, -0.05) is 37.3 Å². The molecule has 2 fully saturated rings. The molecular weight excluding hydrogens is 306 g/mol. The van der Waals surface area contributed by atoms with Crippen LogP contribution in [-0.4, -0.2) is 43.4 Å². The summed E-state index contributed by atoms with van der Waals surface area (Å²) in [5, 5.41) is 9.90. The maximum absolute atomic E-state index is 10.7. The van der Waals surface area contributed by atoms with E-state index in [-0.39, 0.29) is 18.1 Å². The minimum absolute atomic E-state index is 0.292. The maximum atomic E-state index is 10.7. The molecule has 0 amide bonds. The number of hydrogen-bond acceptors (Lipinski definition) is 7. The Morgan fingerprint density at radius 2 is 2.00 bits per heavy atom. The summed E-state index contributed by atoms with van der Waals surface area (Å²) in [6.45, 7) is 2.15. The van der Waals surface area contributed by atoms with Crippen molar-refractivity contribution in [2.75, 3.05) is 13.7 Å². The first-order chi connectivity index (χ1) is 11.1. The molecule has 23 heavy (non-hydrogen) atoms. The van der Waals surface area contributed by atoms with Crippen LogP contribution in [0.1, 0.15) is 18.8 Å². The highest BCUT2D eigenvalue weighted by atomic mass is 17.0. The lowest BCUT2D eigenvalue weighted by Gasteiger charge is -2.47. The number of nitrogens with zero attached hydrogens (tertiary/aromatic N) is 1. The number of benzene rings is 1. The van der Waals surface area contributed by atoms with Gasteiger partial charge in [-0.15, -0.1) is 10.1 Å². The molecule has 126 valence electrons. The van der Waals surface area contributed by atoms with Crippen LogP contribution in [-0.2, 0) is 23.8 Å². The number of fused-ring (bicyclic) bond motifs is 1. The van der Waals surface area contributed by atoms with E-state index in [1.165, 1.54) is 7.11 Å². The molecule has 3 unspecified atom stereocenters. The van der Waals surface area contributed by atoms with Gasteiger partial charge in [-0.25, -0.2) is 0 Å². The van der Waals surface area contributed by atoms with Gasteiger partial charge in [-0.3, -0.25) is 0 Å². The van der Waals surface area contributed by atoms with Crippen LogP contribution in [0.25, 0.3) is 0 Å². The lowest BCUT2D eigenvalue weighted by Crippen LogP contribution is -2.59. The average molecular weight is 325 g/mol. The number of methoxy groups -OCH3 is 1. The zero-order valence-electron chi connectivity index (χ0n) is 12.9. The molecular formula is C15H19NO7. The Balaban J connectivity index is 1.76. The van der Waals surface area contributed by atoms with Crippen LogP contribution in [0.15, 0.2) is 30.3 Å². The van der Waals surface area contributed by atoms with Crippen LogP contribution in [0, 0.1) is 16.0 Å². The quantitative estimate of drug-likeness (QED) is 0.614. The van der Waals surface area contributed by atoms with Crippen molar-refractivity contribution in [3.8, 4) is 0 Å². The van der Waals surface area contributed by atoms with E-state index in [4.69, 9.17) is 23.8 Å². The molecule has 1 aromatic carbocycles. The van der Waals surface area contributed by atoms with Gasteiger partial charge in [-0.05, 0) is 0 Å². The molecule has 0 bridgehead atoms. The highest BCUT2D eigenvalue weighted by molar-refractivity contribution is 5.16. The summed E-state index contributed by atoms with van der Waals surface area (Å²) in [6, 6.07) is 9.51. The van der Waals surface area contributed by atoms with Crippen molar-refractivity contribution in [2.45, 2.75) is 37.8 Å². The van der Waals surface area contributed by atoms with E-state index in [1.807, 2.05) is 37.3 Å². The van der Waals surface area contributed by atoms with Crippen molar-refractivity contribution in [1.82, 2.24) is 0 Å². The predicted molar refractivity (Wildman–Crippen MR) is 76.7 cm³/mol. The second kappa shape index (κ2) is 6.79. The molecule has 0 radical (unpaired) electrons. The van der Waals surface area contributed by atoms with E-state index in [0.29, 0.717) is 6.61 Å².